The van der Waals surface area contributed by atoms with E-state index in [1.165, 1.54) is 0 Å². The highest BCUT2D eigenvalue weighted by Crippen LogP contribution is 2.29. The normalized spacial score (nSPS) is 11.9. The van der Waals surface area contributed by atoms with Crippen molar-refractivity contribution in [1.29, 1.82) is 0 Å². The fraction of sp³-hybridized carbons (Fsp3) is 0.125. The molecule has 5 nitrogen and oxygen atoms in total. The highest BCUT2D eigenvalue weighted by atomic mass is 79.9. The third-order valence-electron chi connectivity index (χ3n) is 3.28. The fourth-order valence-electron chi connectivity index (χ4n) is 2.23. The van der Waals surface area contributed by atoms with Crippen molar-refractivity contribution in [2.45, 2.75) is 6.04 Å². The largest absolute Gasteiger partial charge is 0.480 e. The number of nitrogens with zero attached hydrogens (tertiary/aromatic N) is 2. The Labute approximate surface area is 136 Å². The summed E-state index contributed by atoms with van der Waals surface area (Å²) in [5, 5.41) is 3.47. The molecule has 0 spiro atoms. The monoisotopic (exact) mass is 358 g/mol. The summed E-state index contributed by atoms with van der Waals surface area (Å²) in [6.07, 6.45) is 5.24. The van der Waals surface area contributed by atoms with E-state index in [1.807, 2.05) is 30.5 Å². The van der Waals surface area contributed by atoms with E-state index in [1.54, 1.807) is 19.6 Å². The lowest BCUT2D eigenvalue weighted by molar-refractivity contribution is 0.395. The Bertz CT molecular complexity index is 731. The van der Waals surface area contributed by atoms with Gasteiger partial charge in [0.05, 0.1) is 47.7 Å². The quantitative estimate of drug-likeness (QED) is 0.728. The molecule has 0 saturated heterocycles. The maximum absolute atomic E-state index is 5.16. The van der Waals surface area contributed by atoms with Crippen LogP contribution in [0.3, 0.4) is 0 Å². The van der Waals surface area contributed by atoms with Crippen LogP contribution in [-0.4, -0.2) is 22.1 Å². The molecule has 1 aromatic carbocycles. The number of anilines is 1. The van der Waals surface area contributed by atoms with Gasteiger partial charge in [0, 0.05) is 0 Å². The lowest BCUT2D eigenvalue weighted by Crippen LogP contribution is -2.13. The lowest BCUT2D eigenvalue weighted by atomic mass is 10.0. The minimum Gasteiger partial charge on any atom is -0.480 e. The van der Waals surface area contributed by atoms with Gasteiger partial charge in [0.1, 0.15) is 0 Å². The van der Waals surface area contributed by atoms with Crippen molar-refractivity contribution in [3.05, 3.63) is 70.8 Å². The van der Waals surface area contributed by atoms with Crippen LogP contribution >= 0.6 is 15.9 Å². The summed E-state index contributed by atoms with van der Waals surface area (Å²) >= 11 is 3.45. The van der Waals surface area contributed by atoms with Crippen molar-refractivity contribution in [3.63, 3.8) is 0 Å². The first-order valence-electron chi connectivity index (χ1n) is 6.77. The Morgan fingerprint density at radius 3 is 2.68 bits per heavy atom. The van der Waals surface area contributed by atoms with Gasteiger partial charge in [-0.15, -0.1) is 0 Å². The molecular formula is C16H15BrN4O. The molecule has 1 unspecified atom stereocenters. The van der Waals surface area contributed by atoms with Gasteiger partial charge in [-0.25, -0.2) is 9.97 Å². The average molecular weight is 359 g/mol. The van der Waals surface area contributed by atoms with Gasteiger partial charge >= 0.3 is 0 Å². The van der Waals surface area contributed by atoms with Gasteiger partial charge in [0.25, 0.3) is 0 Å². The summed E-state index contributed by atoms with van der Waals surface area (Å²) < 4.78 is 5.96. The zero-order chi connectivity index (χ0) is 15.4. The first kappa shape index (κ1) is 14.6. The second-order valence-corrected chi connectivity index (χ2v) is 5.56. The number of ether oxygens (including phenoxy) is 1. The van der Waals surface area contributed by atoms with E-state index in [9.17, 15) is 0 Å². The lowest BCUT2D eigenvalue weighted by Gasteiger charge is -2.19. The molecule has 0 aliphatic carbocycles. The molecule has 112 valence electrons. The Morgan fingerprint density at radius 1 is 1.23 bits per heavy atom. The zero-order valence-electron chi connectivity index (χ0n) is 12.0. The average Bonchev–Trinajstić information content (AvgIpc) is 3.08. The number of hydrogen-bond acceptors (Lipinski definition) is 4. The number of imidazole rings is 1. The molecule has 1 atom stereocenters. The predicted molar refractivity (Wildman–Crippen MR) is 89.0 cm³/mol. The second kappa shape index (κ2) is 6.62. The molecule has 0 aliphatic heterocycles. The third-order valence-corrected chi connectivity index (χ3v) is 3.84. The van der Waals surface area contributed by atoms with Crippen LogP contribution in [0.5, 0.6) is 5.88 Å². The van der Waals surface area contributed by atoms with Gasteiger partial charge in [-0.3, -0.25) is 0 Å². The van der Waals surface area contributed by atoms with Crippen molar-refractivity contribution in [3.8, 4) is 5.88 Å². The minimum absolute atomic E-state index is 0.0363. The van der Waals surface area contributed by atoms with E-state index in [0.717, 1.165) is 21.4 Å². The Hall–Kier alpha value is -2.34. The van der Waals surface area contributed by atoms with Crippen LogP contribution in [0.25, 0.3) is 0 Å². The molecule has 22 heavy (non-hydrogen) atoms. The van der Waals surface area contributed by atoms with E-state index >= 15 is 0 Å². The molecule has 2 N–H and O–H groups in total. The molecule has 0 bridgehead atoms. The van der Waals surface area contributed by atoms with Gasteiger partial charge in [-0.05, 0) is 27.6 Å². The van der Waals surface area contributed by atoms with Crippen LogP contribution in [0.15, 0.2) is 59.6 Å². The van der Waals surface area contributed by atoms with Crippen LogP contribution in [0.4, 0.5) is 5.69 Å². The number of nitrogens with one attached hydrogen (secondary N) is 2. The van der Waals surface area contributed by atoms with Gasteiger partial charge in [-0.1, -0.05) is 30.3 Å². The SMILES string of the molecule is COc1ncc(NC(c2ccccc2)c2cnc[nH]2)cc1Br. The fourth-order valence-corrected chi connectivity index (χ4v) is 2.74. The van der Waals surface area contributed by atoms with Crippen LogP contribution < -0.4 is 10.1 Å². The van der Waals surface area contributed by atoms with Crippen molar-refractivity contribution in [2.24, 2.45) is 0 Å². The number of methoxy groups -OCH3 is 1. The van der Waals surface area contributed by atoms with E-state index < -0.39 is 0 Å². The Morgan fingerprint density at radius 2 is 2.05 bits per heavy atom. The number of aromatic nitrogens is 3. The van der Waals surface area contributed by atoms with Gasteiger partial charge < -0.3 is 15.0 Å². The number of hydrogen-bond donors (Lipinski definition) is 2. The molecule has 2 aromatic heterocycles. The van der Waals surface area contributed by atoms with Crippen molar-refractivity contribution in [2.75, 3.05) is 12.4 Å². The van der Waals surface area contributed by atoms with Gasteiger partial charge in [-0.2, -0.15) is 0 Å². The summed E-state index contributed by atoms with van der Waals surface area (Å²) in [4.78, 5) is 11.5. The second-order valence-electron chi connectivity index (χ2n) is 4.71. The molecular weight excluding hydrogens is 344 g/mol. The molecule has 0 aliphatic rings. The van der Waals surface area contributed by atoms with Crippen molar-refractivity contribution >= 4 is 21.6 Å². The van der Waals surface area contributed by atoms with E-state index in [0.29, 0.717) is 5.88 Å². The van der Waals surface area contributed by atoms with Crippen LogP contribution in [0, 0.1) is 0 Å². The predicted octanol–water partition coefficient (Wildman–Crippen LogP) is 3.78. The van der Waals surface area contributed by atoms with Crippen LogP contribution in [0.1, 0.15) is 17.3 Å². The number of halogens is 1. The molecule has 0 saturated carbocycles. The van der Waals surface area contributed by atoms with Crippen LogP contribution in [0.2, 0.25) is 0 Å². The third kappa shape index (κ3) is 3.12. The zero-order valence-corrected chi connectivity index (χ0v) is 13.5. The summed E-state index contributed by atoms with van der Waals surface area (Å²) in [6.45, 7) is 0. The van der Waals surface area contributed by atoms with E-state index in [-0.39, 0.29) is 6.04 Å². The first-order chi connectivity index (χ1) is 10.8. The number of aromatic amines is 1. The van der Waals surface area contributed by atoms with E-state index in [4.69, 9.17) is 4.74 Å². The highest BCUT2D eigenvalue weighted by molar-refractivity contribution is 9.10. The molecule has 6 heteroatoms. The Balaban J connectivity index is 1.92. The topological polar surface area (TPSA) is 62.8 Å². The standard InChI is InChI=1S/C16H15BrN4O/c1-22-16-13(17)7-12(8-19-16)21-15(14-9-18-10-20-14)11-5-3-2-4-6-11/h2-10,15,21H,1H3,(H,18,20). The smallest absolute Gasteiger partial charge is 0.227 e. The molecule has 0 radical (unpaired) electrons. The number of benzene rings is 1. The summed E-state index contributed by atoms with van der Waals surface area (Å²) in [5.74, 6) is 0.559. The molecule has 3 rings (SSSR count). The minimum atomic E-state index is -0.0363. The summed E-state index contributed by atoms with van der Waals surface area (Å²) in [7, 11) is 1.59. The van der Waals surface area contributed by atoms with Crippen molar-refractivity contribution in [1.82, 2.24) is 15.0 Å². The van der Waals surface area contributed by atoms with Crippen molar-refractivity contribution < 1.29 is 4.74 Å². The van der Waals surface area contributed by atoms with Gasteiger partial charge in [0.15, 0.2) is 0 Å². The van der Waals surface area contributed by atoms with E-state index in [2.05, 4.69) is 48.3 Å². The molecule has 2 heterocycles. The highest BCUT2D eigenvalue weighted by Gasteiger charge is 2.16. The number of H-pyrrole nitrogens is 1. The Kier molecular flexibility index (Phi) is 4.39. The first-order valence-corrected chi connectivity index (χ1v) is 7.56. The maximum atomic E-state index is 5.16. The molecule has 0 fully saturated rings. The number of rotatable bonds is 5. The van der Waals surface area contributed by atoms with Crippen LogP contribution in [-0.2, 0) is 0 Å². The summed E-state index contributed by atoms with van der Waals surface area (Å²) in [5.41, 5.74) is 3.01. The maximum Gasteiger partial charge on any atom is 0.227 e. The van der Waals surface area contributed by atoms with Gasteiger partial charge in [0.2, 0.25) is 5.88 Å². The number of pyridine rings is 1. The molecule has 3 aromatic rings. The summed E-state index contributed by atoms with van der Waals surface area (Å²) in [6, 6.07) is 12.1. The molecule has 0 amide bonds.